The van der Waals surface area contributed by atoms with Crippen molar-refractivity contribution in [3.63, 3.8) is 0 Å². The lowest BCUT2D eigenvalue weighted by molar-refractivity contribution is 0.0947. The zero-order valence-corrected chi connectivity index (χ0v) is 13.1. The van der Waals surface area contributed by atoms with Gasteiger partial charge in [0, 0.05) is 30.5 Å². The van der Waals surface area contributed by atoms with Crippen LogP contribution in [0.3, 0.4) is 0 Å². The number of halogens is 1. The summed E-state index contributed by atoms with van der Waals surface area (Å²) in [6, 6.07) is 6.81. The van der Waals surface area contributed by atoms with Crippen molar-refractivity contribution < 1.29 is 9.53 Å². The van der Waals surface area contributed by atoms with Crippen molar-refractivity contribution >= 4 is 17.5 Å². The van der Waals surface area contributed by atoms with E-state index in [1.807, 2.05) is 13.0 Å². The Morgan fingerprint density at radius 3 is 2.95 bits per heavy atom. The van der Waals surface area contributed by atoms with E-state index in [-0.39, 0.29) is 5.91 Å². The molecule has 0 saturated heterocycles. The van der Waals surface area contributed by atoms with Gasteiger partial charge in [0.2, 0.25) is 0 Å². The summed E-state index contributed by atoms with van der Waals surface area (Å²) in [5.74, 6) is 0.226. The maximum atomic E-state index is 12.4. The summed E-state index contributed by atoms with van der Waals surface area (Å²) in [6.07, 6.45) is 3.46. The third-order valence-corrected chi connectivity index (χ3v) is 3.37. The van der Waals surface area contributed by atoms with Crippen LogP contribution in [0.2, 0.25) is 5.02 Å². The molecule has 1 aromatic carbocycles. The van der Waals surface area contributed by atoms with Crippen LogP contribution in [0.15, 0.2) is 36.7 Å². The van der Waals surface area contributed by atoms with E-state index in [1.165, 1.54) is 0 Å². The molecule has 1 amide bonds. The van der Waals surface area contributed by atoms with Crippen LogP contribution in [0.4, 0.5) is 0 Å². The van der Waals surface area contributed by atoms with Crippen LogP contribution in [-0.4, -0.2) is 24.0 Å². The van der Waals surface area contributed by atoms with Gasteiger partial charge < -0.3 is 15.8 Å². The molecule has 2 rings (SSSR count). The topological polar surface area (TPSA) is 77.2 Å². The van der Waals surface area contributed by atoms with Crippen LogP contribution in [0.5, 0.6) is 5.75 Å². The lowest BCUT2D eigenvalue weighted by Gasteiger charge is -2.12. The summed E-state index contributed by atoms with van der Waals surface area (Å²) in [5, 5.41) is 3.34. The molecule has 0 unspecified atom stereocenters. The normalized spacial score (nSPS) is 10.3. The van der Waals surface area contributed by atoms with Crippen molar-refractivity contribution in [2.75, 3.05) is 13.2 Å². The summed E-state index contributed by atoms with van der Waals surface area (Å²) in [7, 11) is 0. The van der Waals surface area contributed by atoms with Crippen molar-refractivity contribution in [3.8, 4) is 5.75 Å². The molecule has 1 heterocycles. The molecule has 2 aromatic rings. The van der Waals surface area contributed by atoms with E-state index in [2.05, 4.69) is 10.3 Å². The lowest BCUT2D eigenvalue weighted by Crippen LogP contribution is -2.24. The third kappa shape index (κ3) is 4.19. The molecule has 0 spiro atoms. The molecule has 22 heavy (non-hydrogen) atoms. The summed E-state index contributed by atoms with van der Waals surface area (Å²) in [5.41, 5.74) is 7.85. The molecule has 6 heteroatoms. The Morgan fingerprint density at radius 2 is 2.23 bits per heavy atom. The van der Waals surface area contributed by atoms with E-state index in [1.54, 1.807) is 30.6 Å². The molecule has 5 nitrogen and oxygen atoms in total. The number of amides is 1. The van der Waals surface area contributed by atoms with Gasteiger partial charge in [-0.25, -0.2) is 0 Å². The highest BCUT2D eigenvalue weighted by atomic mass is 35.5. The number of hydrogen-bond donors (Lipinski definition) is 2. The zero-order chi connectivity index (χ0) is 15.9. The van der Waals surface area contributed by atoms with Crippen molar-refractivity contribution in [1.82, 2.24) is 10.3 Å². The Bertz CT molecular complexity index is 662. The number of rotatable bonds is 6. The number of nitrogens with two attached hydrogens (primary N) is 1. The van der Waals surface area contributed by atoms with Crippen LogP contribution in [0.25, 0.3) is 0 Å². The number of nitrogens with zero attached hydrogens (tertiary/aromatic N) is 1. The summed E-state index contributed by atoms with van der Waals surface area (Å²) < 4.78 is 5.48. The van der Waals surface area contributed by atoms with Gasteiger partial charge in [0.1, 0.15) is 12.4 Å². The summed E-state index contributed by atoms with van der Waals surface area (Å²) in [4.78, 5) is 16.4. The van der Waals surface area contributed by atoms with Gasteiger partial charge in [0.05, 0.1) is 5.56 Å². The van der Waals surface area contributed by atoms with E-state index in [4.69, 9.17) is 22.1 Å². The molecule has 0 saturated carbocycles. The number of hydrogen-bond acceptors (Lipinski definition) is 4. The molecule has 0 aliphatic heterocycles. The second-order valence-corrected chi connectivity index (χ2v) is 5.20. The smallest absolute Gasteiger partial charge is 0.255 e. The molecule has 0 aliphatic carbocycles. The van der Waals surface area contributed by atoms with E-state index in [9.17, 15) is 4.79 Å². The minimum Gasteiger partial charge on any atom is -0.491 e. The van der Waals surface area contributed by atoms with Crippen molar-refractivity contribution in [3.05, 3.63) is 58.4 Å². The minimum atomic E-state index is -0.245. The van der Waals surface area contributed by atoms with Crippen molar-refractivity contribution in [2.24, 2.45) is 5.73 Å². The van der Waals surface area contributed by atoms with Crippen molar-refractivity contribution in [2.45, 2.75) is 13.5 Å². The fraction of sp³-hybridized carbons (Fsp3) is 0.250. The molecule has 1 aromatic heterocycles. The molecular formula is C16H18ClN3O2. The van der Waals surface area contributed by atoms with Crippen LogP contribution >= 0.6 is 11.6 Å². The average Bonchev–Trinajstić information content (AvgIpc) is 2.52. The molecule has 0 fully saturated rings. The Balaban J connectivity index is 2.11. The van der Waals surface area contributed by atoms with Gasteiger partial charge in [0.25, 0.3) is 5.91 Å². The maximum absolute atomic E-state index is 12.4. The number of ether oxygens (including phenoxy) is 1. The largest absolute Gasteiger partial charge is 0.491 e. The molecule has 0 aliphatic rings. The molecule has 0 bridgehead atoms. The van der Waals surface area contributed by atoms with E-state index in [0.717, 1.165) is 11.1 Å². The number of pyridine rings is 1. The lowest BCUT2D eigenvalue weighted by atomic mass is 10.1. The quantitative estimate of drug-likeness (QED) is 0.856. The summed E-state index contributed by atoms with van der Waals surface area (Å²) in [6.45, 7) is 3.07. The number of aromatic nitrogens is 1. The van der Waals surface area contributed by atoms with Gasteiger partial charge in [-0.2, -0.15) is 0 Å². The Hall–Kier alpha value is -2.11. The average molecular weight is 320 g/mol. The molecular weight excluding hydrogens is 302 g/mol. The standard InChI is InChI=1S/C16H18ClN3O2/c1-11-9-19-6-4-12(11)10-20-16(21)14-8-13(17)2-3-15(14)22-7-5-18/h2-4,6,8-9H,5,7,10,18H2,1H3,(H,20,21). The first kappa shape index (κ1) is 16.3. The van der Waals surface area contributed by atoms with Crippen LogP contribution in [0.1, 0.15) is 21.5 Å². The number of carbonyl (C=O) groups excluding carboxylic acids is 1. The third-order valence-electron chi connectivity index (χ3n) is 3.14. The van der Waals surface area contributed by atoms with E-state index >= 15 is 0 Å². The predicted octanol–water partition coefficient (Wildman–Crippen LogP) is 2.31. The van der Waals surface area contributed by atoms with Crippen LogP contribution in [0, 0.1) is 6.92 Å². The van der Waals surface area contributed by atoms with Crippen molar-refractivity contribution in [1.29, 1.82) is 0 Å². The zero-order valence-electron chi connectivity index (χ0n) is 12.3. The fourth-order valence-electron chi connectivity index (χ4n) is 1.95. The highest BCUT2D eigenvalue weighted by Gasteiger charge is 2.13. The first-order valence-corrected chi connectivity index (χ1v) is 7.29. The Kier molecular flexibility index (Phi) is 5.75. The monoisotopic (exact) mass is 319 g/mol. The first-order valence-electron chi connectivity index (χ1n) is 6.92. The summed E-state index contributed by atoms with van der Waals surface area (Å²) >= 11 is 5.97. The fourth-order valence-corrected chi connectivity index (χ4v) is 2.12. The van der Waals surface area contributed by atoms with Gasteiger partial charge in [-0.15, -0.1) is 0 Å². The van der Waals surface area contributed by atoms with Gasteiger partial charge in [-0.3, -0.25) is 9.78 Å². The van der Waals surface area contributed by atoms with Gasteiger partial charge in [-0.1, -0.05) is 11.6 Å². The first-order chi connectivity index (χ1) is 10.6. The second kappa shape index (κ2) is 7.77. The maximum Gasteiger partial charge on any atom is 0.255 e. The molecule has 0 atom stereocenters. The van der Waals surface area contributed by atoms with E-state index < -0.39 is 0 Å². The molecule has 116 valence electrons. The van der Waals surface area contributed by atoms with Crippen LogP contribution in [-0.2, 0) is 6.54 Å². The number of nitrogens with one attached hydrogen (secondary N) is 1. The van der Waals surface area contributed by atoms with Gasteiger partial charge >= 0.3 is 0 Å². The van der Waals surface area contributed by atoms with Gasteiger partial charge in [-0.05, 0) is 42.3 Å². The number of carbonyl (C=O) groups is 1. The molecule has 3 N–H and O–H groups in total. The SMILES string of the molecule is Cc1cnccc1CNC(=O)c1cc(Cl)ccc1OCCN. The molecule has 0 radical (unpaired) electrons. The number of aryl methyl sites for hydroxylation is 1. The highest BCUT2D eigenvalue weighted by Crippen LogP contribution is 2.23. The second-order valence-electron chi connectivity index (χ2n) is 4.76. The number of benzene rings is 1. The highest BCUT2D eigenvalue weighted by molar-refractivity contribution is 6.31. The van der Waals surface area contributed by atoms with Crippen LogP contribution < -0.4 is 15.8 Å². The Labute approximate surface area is 134 Å². The minimum absolute atomic E-state index is 0.245. The van der Waals surface area contributed by atoms with E-state index in [0.29, 0.717) is 36.0 Å². The van der Waals surface area contributed by atoms with Gasteiger partial charge in [0.15, 0.2) is 0 Å². The predicted molar refractivity (Wildman–Crippen MR) is 86.1 cm³/mol. The Morgan fingerprint density at radius 1 is 1.41 bits per heavy atom.